The predicted octanol–water partition coefficient (Wildman–Crippen LogP) is 6.79. The first-order valence-electron chi connectivity index (χ1n) is 11.1. The van der Waals surface area contributed by atoms with E-state index >= 15 is 0 Å². The quantitative estimate of drug-likeness (QED) is 0.614. The van der Waals surface area contributed by atoms with E-state index in [0.29, 0.717) is 5.92 Å². The van der Waals surface area contributed by atoms with Crippen molar-refractivity contribution in [3.05, 3.63) is 69.5 Å². The van der Waals surface area contributed by atoms with Crippen LogP contribution in [0.5, 0.6) is 0 Å². The van der Waals surface area contributed by atoms with Crippen molar-refractivity contribution >= 4 is 12.0 Å². The fourth-order valence-electron chi connectivity index (χ4n) is 5.60. The lowest BCUT2D eigenvalue weighted by Crippen LogP contribution is -2.35. The average Bonchev–Trinajstić information content (AvgIpc) is 3.13. The molecule has 0 amide bonds. The number of nitrogens with zero attached hydrogens (tertiary/aromatic N) is 1. The number of carboxylic acid groups (broad SMARTS) is 1. The Labute approximate surface area is 180 Å². The highest BCUT2D eigenvalue weighted by molar-refractivity contribution is 5.85. The van der Waals surface area contributed by atoms with Gasteiger partial charge in [0.1, 0.15) is 5.69 Å². The summed E-state index contributed by atoms with van der Waals surface area (Å²) in [5, 5.41) is 9.25. The smallest absolute Gasteiger partial charge is 0.354 e. The Kier molecular flexibility index (Phi) is 5.12. The molecule has 2 aliphatic rings. The number of aryl methyl sites for hydroxylation is 1. The Morgan fingerprint density at radius 1 is 1.13 bits per heavy atom. The van der Waals surface area contributed by atoms with Crippen LogP contribution in [-0.4, -0.2) is 16.1 Å². The van der Waals surface area contributed by atoms with Gasteiger partial charge < -0.3 is 5.11 Å². The molecule has 0 spiro atoms. The Morgan fingerprint density at radius 3 is 2.60 bits per heavy atom. The molecule has 2 aromatic rings. The third kappa shape index (κ3) is 3.71. The number of hydrogen-bond donors (Lipinski definition) is 1. The molecule has 4 rings (SSSR count). The molecule has 3 heteroatoms. The van der Waals surface area contributed by atoms with E-state index in [4.69, 9.17) is 0 Å². The summed E-state index contributed by atoms with van der Waals surface area (Å²) in [6.07, 6.45) is 7.93. The van der Waals surface area contributed by atoms with Crippen molar-refractivity contribution in [3.8, 4) is 0 Å². The van der Waals surface area contributed by atoms with Crippen LogP contribution in [0.25, 0.3) is 6.08 Å². The van der Waals surface area contributed by atoms with Crippen molar-refractivity contribution in [1.29, 1.82) is 0 Å². The predicted molar refractivity (Wildman–Crippen MR) is 122 cm³/mol. The highest BCUT2D eigenvalue weighted by Crippen LogP contribution is 2.49. The van der Waals surface area contributed by atoms with Gasteiger partial charge in [-0.1, -0.05) is 51.5 Å². The summed E-state index contributed by atoms with van der Waals surface area (Å²) in [7, 11) is 0. The summed E-state index contributed by atoms with van der Waals surface area (Å²) >= 11 is 0. The van der Waals surface area contributed by atoms with E-state index in [-0.39, 0.29) is 16.5 Å². The minimum absolute atomic E-state index is 0.104. The lowest BCUT2D eigenvalue weighted by Gasteiger charge is -2.43. The number of fused-ring (bicyclic) bond motifs is 1. The van der Waals surface area contributed by atoms with E-state index in [9.17, 15) is 9.90 Å². The van der Waals surface area contributed by atoms with Crippen LogP contribution >= 0.6 is 0 Å². The first kappa shape index (κ1) is 20.8. The molecule has 158 valence electrons. The third-order valence-corrected chi connectivity index (χ3v) is 7.27. The largest absolute Gasteiger partial charge is 0.477 e. The summed E-state index contributed by atoms with van der Waals surface area (Å²) < 4.78 is 0. The number of hydrogen-bond acceptors (Lipinski definition) is 2. The van der Waals surface area contributed by atoms with Crippen molar-refractivity contribution in [2.75, 3.05) is 0 Å². The van der Waals surface area contributed by atoms with E-state index in [1.807, 2.05) is 6.07 Å². The number of benzene rings is 1. The van der Waals surface area contributed by atoms with Crippen LogP contribution in [-0.2, 0) is 10.8 Å². The molecule has 1 heterocycles. The zero-order chi connectivity index (χ0) is 21.7. The summed E-state index contributed by atoms with van der Waals surface area (Å²) in [5.41, 5.74) is 8.53. The van der Waals surface area contributed by atoms with Crippen LogP contribution in [0.1, 0.15) is 104 Å². The number of allylic oxidation sites excluding steroid dienone is 1. The van der Waals surface area contributed by atoms with Gasteiger partial charge in [-0.3, -0.25) is 0 Å². The van der Waals surface area contributed by atoms with Gasteiger partial charge in [-0.15, -0.1) is 0 Å². The first-order chi connectivity index (χ1) is 14.1. The number of pyridine rings is 1. The van der Waals surface area contributed by atoms with E-state index in [1.165, 1.54) is 41.5 Å². The molecule has 30 heavy (non-hydrogen) atoms. The summed E-state index contributed by atoms with van der Waals surface area (Å²) in [6.45, 7) is 11.8. The second-order valence-corrected chi connectivity index (χ2v) is 10.4. The molecule has 2 aliphatic carbocycles. The molecule has 1 fully saturated rings. The van der Waals surface area contributed by atoms with Gasteiger partial charge in [-0.05, 0) is 90.3 Å². The van der Waals surface area contributed by atoms with Crippen molar-refractivity contribution in [2.45, 2.75) is 83.5 Å². The molecule has 1 atom stereocenters. The molecular weight excluding hydrogens is 370 g/mol. The zero-order valence-electron chi connectivity index (χ0n) is 18.9. The molecule has 1 aromatic carbocycles. The molecule has 1 N–H and O–H groups in total. The van der Waals surface area contributed by atoms with E-state index < -0.39 is 5.97 Å². The lowest BCUT2D eigenvalue weighted by molar-refractivity contribution is 0.0690. The van der Waals surface area contributed by atoms with Crippen molar-refractivity contribution in [3.63, 3.8) is 0 Å². The molecule has 1 unspecified atom stereocenters. The van der Waals surface area contributed by atoms with Gasteiger partial charge in [-0.2, -0.15) is 0 Å². The van der Waals surface area contributed by atoms with Crippen LogP contribution in [0.4, 0.5) is 0 Å². The standard InChI is InChI=1S/C27H33NO2/c1-17-14-19(16-22-24(17)27(4,5)13-12-26(22,2)3)21-10-6-8-18(21)15-20-9-7-11-23(28-20)25(29)30/h7,9,11,14-16,21H,6,8,10,12-13H2,1-5H3,(H,29,30)/b18-15+. The maximum absolute atomic E-state index is 11.3. The minimum atomic E-state index is -0.978. The van der Waals surface area contributed by atoms with E-state index in [0.717, 1.165) is 18.5 Å². The van der Waals surface area contributed by atoms with Gasteiger partial charge in [0.15, 0.2) is 0 Å². The Morgan fingerprint density at radius 2 is 1.87 bits per heavy atom. The van der Waals surface area contributed by atoms with Gasteiger partial charge in [0.05, 0.1) is 5.69 Å². The molecule has 1 aromatic heterocycles. The molecule has 1 saturated carbocycles. The third-order valence-electron chi connectivity index (χ3n) is 7.27. The summed E-state index contributed by atoms with van der Waals surface area (Å²) in [6, 6.07) is 10.1. The number of aromatic nitrogens is 1. The van der Waals surface area contributed by atoms with Crippen LogP contribution in [0, 0.1) is 6.92 Å². The summed E-state index contributed by atoms with van der Waals surface area (Å²) in [5.74, 6) is -0.585. The number of aromatic carboxylic acids is 1. The molecule has 0 radical (unpaired) electrons. The Hall–Kier alpha value is -2.42. The van der Waals surface area contributed by atoms with E-state index in [2.05, 4.69) is 57.8 Å². The van der Waals surface area contributed by atoms with Gasteiger partial charge in [-0.25, -0.2) is 9.78 Å². The number of carboxylic acids is 1. The van der Waals surface area contributed by atoms with E-state index in [1.54, 1.807) is 17.7 Å². The van der Waals surface area contributed by atoms with Crippen LogP contribution in [0.3, 0.4) is 0 Å². The Bertz CT molecular complexity index is 1030. The van der Waals surface area contributed by atoms with Crippen molar-refractivity contribution < 1.29 is 9.90 Å². The van der Waals surface area contributed by atoms with Crippen LogP contribution in [0.15, 0.2) is 35.9 Å². The molecular formula is C27H33NO2. The molecule has 0 bridgehead atoms. The monoisotopic (exact) mass is 403 g/mol. The normalized spacial score (nSPS) is 23.4. The average molecular weight is 404 g/mol. The van der Waals surface area contributed by atoms with Gasteiger partial charge in [0, 0.05) is 5.92 Å². The van der Waals surface area contributed by atoms with Gasteiger partial charge in [0.2, 0.25) is 0 Å². The molecule has 0 saturated heterocycles. The minimum Gasteiger partial charge on any atom is -0.477 e. The first-order valence-corrected chi connectivity index (χ1v) is 11.1. The number of carbonyl (C=O) groups is 1. The molecule has 3 nitrogen and oxygen atoms in total. The Balaban J connectivity index is 1.76. The van der Waals surface area contributed by atoms with Gasteiger partial charge in [0.25, 0.3) is 0 Å². The SMILES string of the molecule is Cc1cc(C2CCC/C2=C\c2cccc(C(=O)O)n2)cc2c1C(C)(C)CCC2(C)C. The van der Waals surface area contributed by atoms with Crippen molar-refractivity contribution in [2.24, 2.45) is 0 Å². The number of rotatable bonds is 3. The van der Waals surface area contributed by atoms with Crippen molar-refractivity contribution in [1.82, 2.24) is 4.98 Å². The molecule has 0 aliphatic heterocycles. The second-order valence-electron chi connectivity index (χ2n) is 10.4. The van der Waals surface area contributed by atoms with Crippen LogP contribution in [0.2, 0.25) is 0 Å². The zero-order valence-corrected chi connectivity index (χ0v) is 18.9. The lowest BCUT2D eigenvalue weighted by atomic mass is 9.61. The maximum Gasteiger partial charge on any atom is 0.354 e. The van der Waals surface area contributed by atoms with Crippen LogP contribution < -0.4 is 0 Å². The van der Waals surface area contributed by atoms with Gasteiger partial charge >= 0.3 is 5.97 Å². The highest BCUT2D eigenvalue weighted by Gasteiger charge is 2.39. The highest BCUT2D eigenvalue weighted by atomic mass is 16.4. The maximum atomic E-state index is 11.3. The fourth-order valence-corrected chi connectivity index (χ4v) is 5.60. The summed E-state index contributed by atoms with van der Waals surface area (Å²) in [4.78, 5) is 15.6. The fraction of sp³-hybridized carbons (Fsp3) is 0.481. The second kappa shape index (κ2) is 7.37. The topological polar surface area (TPSA) is 50.2 Å².